The molecule has 0 spiro atoms. The molecule has 0 atom stereocenters. The van der Waals surface area contributed by atoms with E-state index in [-0.39, 0.29) is 143 Å². The van der Waals surface area contributed by atoms with Gasteiger partial charge in [-0.1, -0.05) is 38.9 Å². The van der Waals surface area contributed by atoms with Crippen molar-refractivity contribution in [3.05, 3.63) is 13.2 Å². The van der Waals surface area contributed by atoms with Crippen LogP contribution in [0.15, 0.2) is 0 Å². The fourth-order valence-electron chi connectivity index (χ4n) is 2.67. The zero-order chi connectivity index (χ0) is 68.3. The van der Waals surface area contributed by atoms with Crippen molar-refractivity contribution in [2.75, 3.05) is 84.1 Å². The van der Waals surface area contributed by atoms with Gasteiger partial charge in [0, 0.05) is 135 Å². The molecule has 0 unspecified atom stereocenters. The Morgan fingerprint density at radius 1 is 0.524 bits per heavy atom. The molecule has 0 aliphatic heterocycles. The van der Waals surface area contributed by atoms with E-state index < -0.39 is 18.4 Å². The van der Waals surface area contributed by atoms with Crippen LogP contribution >= 0.6 is 123 Å². The molecule has 0 aromatic rings. The van der Waals surface area contributed by atoms with Crippen molar-refractivity contribution < 1.29 is 155 Å². The van der Waals surface area contributed by atoms with Gasteiger partial charge in [-0.25, -0.2) is 0 Å². The molecular weight excluding hydrogens is 1470 g/mol. The number of hydrogen-bond donors (Lipinski definition) is 1. The van der Waals surface area contributed by atoms with Crippen LogP contribution in [-0.4, -0.2) is 172 Å². The van der Waals surface area contributed by atoms with E-state index in [0.29, 0.717) is 59.1 Å². The van der Waals surface area contributed by atoms with E-state index in [1.54, 1.807) is 68.6 Å². The molecule has 0 aromatic heterocycles. The van der Waals surface area contributed by atoms with Crippen molar-refractivity contribution in [1.82, 2.24) is 0 Å². The number of carbonyl (C=O) groups is 7. The standard InChI is InChI=1S/C7H14O2S2.C7H13O2S2.C7H14O2S.C7H13O2S.2C6H12O2S2.C6H12O2S.C6H11O2S.4V/c2*1-6(8)9-5-7(2,3)11-10-4;2*1-6(8)9-5-7(2,3)10-4;2*1-5(7)8-4-6(2,3)10-9;2*1-6(2,9-3)4-8-5-7;;;;/h5H2,1-4H3;4-5H2,1-3H3;5H2,1-4H3;1,5H2,2-4H3;2*9H,4H2,1-3H3;5H,4H2,1-3H3;4H2,1-3H3;;;;/q;-1;;-1;;;;-1;;;;/p-1/i4D;;1D;;;;5D;;;;;/hD. The van der Waals surface area contributed by atoms with Crippen molar-refractivity contribution in [3.8, 4) is 0 Å². The van der Waals surface area contributed by atoms with Crippen molar-refractivity contribution in [2.45, 2.75) is 183 Å². The summed E-state index contributed by atoms with van der Waals surface area (Å²) in [5.74, 6) is -1.91. The van der Waals surface area contributed by atoms with Crippen molar-refractivity contribution >= 4 is 184 Å². The maximum Gasteiger partial charge on any atom is 0.302 e. The summed E-state index contributed by atoms with van der Waals surface area (Å²) in [7, 11) is 8.73. The molecule has 16 nitrogen and oxygen atoms in total. The van der Waals surface area contributed by atoms with E-state index in [4.69, 9.17) is 45.3 Å². The molecule has 84 heavy (non-hydrogen) atoms. The summed E-state index contributed by atoms with van der Waals surface area (Å²) in [4.78, 5) is 82.2. The van der Waals surface area contributed by atoms with E-state index in [9.17, 15) is 38.4 Å². The molecule has 0 bridgehead atoms. The first kappa shape index (κ1) is 102. The maximum atomic E-state index is 10.6. The summed E-state index contributed by atoms with van der Waals surface area (Å²) in [5, 5.41) is 0. The minimum Gasteiger partial charge on any atom is -0.718 e. The van der Waals surface area contributed by atoms with Gasteiger partial charge >= 0.3 is 29.8 Å². The third-order valence-corrected chi connectivity index (χ3v) is 21.4. The van der Waals surface area contributed by atoms with Crippen LogP contribution in [0.1, 0.15) is 149 Å². The minimum absolute atomic E-state index is 0. The second-order valence-electron chi connectivity index (χ2n) is 20.6. The third kappa shape index (κ3) is 106. The van der Waals surface area contributed by atoms with Crippen LogP contribution in [0, 0.1) is 13.2 Å². The Hall–Kier alpha value is 2.17. The fraction of sp³-hybridized carbons (Fsp3) is 0.808. The largest absolute Gasteiger partial charge is 0.718 e. The van der Waals surface area contributed by atoms with Crippen molar-refractivity contribution in [3.63, 3.8) is 0 Å². The molecule has 0 saturated carbocycles. The Kier molecular flexibility index (Phi) is 79.4. The molecule has 0 amide bonds. The van der Waals surface area contributed by atoms with Gasteiger partial charge < -0.3 is 65.1 Å². The normalized spacial score (nSPS) is 11.3. The van der Waals surface area contributed by atoms with Crippen molar-refractivity contribution in [1.29, 1.82) is 1.12 Å². The quantitative estimate of drug-likeness (QED) is 0.0147. The van der Waals surface area contributed by atoms with Crippen LogP contribution < -0.4 is 0 Å². The minimum atomic E-state index is -0.956. The number of thioether (sulfide) groups is 4. The Bertz CT molecular complexity index is 1670. The van der Waals surface area contributed by atoms with E-state index in [0.717, 1.165) is 11.6 Å². The van der Waals surface area contributed by atoms with E-state index in [1.165, 1.54) is 77.3 Å². The number of esters is 6. The molecule has 0 aliphatic rings. The summed E-state index contributed by atoms with van der Waals surface area (Å²) >= 11 is 12.3. The fourth-order valence-corrected chi connectivity index (χ4v) is 6.93. The maximum absolute atomic E-state index is 10.6. The van der Waals surface area contributed by atoms with Gasteiger partial charge in [0.1, 0.15) is 47.4 Å². The summed E-state index contributed by atoms with van der Waals surface area (Å²) in [6, 6.07) is 0. The van der Waals surface area contributed by atoms with Gasteiger partial charge in [0.25, 0.3) is 6.45 Å². The number of ether oxygens (including phenoxy) is 8. The van der Waals surface area contributed by atoms with Crippen LogP contribution in [0.25, 0.3) is 0 Å². The van der Waals surface area contributed by atoms with Crippen LogP contribution in [0.2, 0.25) is 0 Å². The zero-order valence-electron chi connectivity index (χ0n) is 57.7. The van der Waals surface area contributed by atoms with Gasteiger partial charge in [0.2, 0.25) is 0 Å². The monoisotopic (exact) mass is 1570 g/mol. The first-order valence-corrected chi connectivity index (χ1v) is 36.6. The molecule has 0 N–H and O–H groups in total. The predicted molar refractivity (Wildman–Crippen MR) is 363 cm³/mol. The van der Waals surface area contributed by atoms with Crippen LogP contribution in [0.3, 0.4) is 0 Å². The van der Waals surface area contributed by atoms with Gasteiger partial charge in [-0.05, 0) is 142 Å². The Balaban J connectivity index is -0.0000000746. The molecule has 500 valence electrons. The first-order chi connectivity index (χ1) is 38.0. The molecule has 0 saturated heterocycles. The molecule has 0 heterocycles. The number of rotatable bonds is 28. The number of hydrogen-bond acceptors (Lipinski definition) is 28. The van der Waals surface area contributed by atoms with Gasteiger partial charge in [-0.15, -0.1) is 22.4 Å². The smallest absolute Gasteiger partial charge is 0.302 e. The van der Waals surface area contributed by atoms with E-state index in [1.807, 2.05) is 136 Å². The third-order valence-electron chi connectivity index (χ3n) is 7.84. The van der Waals surface area contributed by atoms with E-state index >= 15 is 0 Å². The Morgan fingerprint density at radius 3 is 1.12 bits per heavy atom. The molecule has 0 rings (SSSR count). The summed E-state index contributed by atoms with van der Waals surface area (Å²) < 4.78 is 64.2. The SMILES string of the molecule is CC(=O)OCC(C)(C)S[S-].CSC(C)(C)CO[C-]=O.[2H]C(=O)OCC(C)(C)SC.[2H]CC(=O)OCC(C)(C)SC.[2H]CSSC(C)(C)COC(C)=O.[2H]SSC(C)(C)COC(C)=O.[CH2-]C(=O)OCC(C)(C)SC.[CH2-]SSC(C)(C)COC(C)=O.[V].[V].[V].[V]. The average molecular weight is 1570 g/mol. The van der Waals surface area contributed by atoms with Crippen LogP contribution in [0.5, 0.6) is 0 Å². The summed E-state index contributed by atoms with van der Waals surface area (Å²) in [6.07, 6.45) is 10.9. The predicted octanol–water partition coefficient (Wildman–Crippen LogP) is 14.0. The second-order valence-corrected chi connectivity index (χ2v) is 35.7. The summed E-state index contributed by atoms with van der Waals surface area (Å²) in [5.41, 5.74) is 0. The average Bonchev–Trinajstić information content (AvgIpc) is 3.39. The first-order valence-electron chi connectivity index (χ1n) is 25.9. The van der Waals surface area contributed by atoms with Crippen LogP contribution in [0.4, 0.5) is 0 Å². The van der Waals surface area contributed by atoms with Gasteiger partial charge in [-0.2, -0.15) is 47.0 Å². The number of thiol groups is 1. The molecule has 4 radical (unpaired) electrons. The number of carbonyl (C=O) groups excluding carboxylic acids is 8. The topological polar surface area (TPSA) is 210 Å². The molecule has 0 aliphatic carbocycles. The van der Waals surface area contributed by atoms with Gasteiger partial charge in [-0.3, -0.25) is 57.5 Å². The molecule has 32 heteroatoms. The van der Waals surface area contributed by atoms with E-state index in [2.05, 4.69) is 22.7 Å². The van der Waals surface area contributed by atoms with Gasteiger partial charge in [0.05, 0.1) is 20.8 Å². The molecule has 0 fully saturated rings. The van der Waals surface area contributed by atoms with Gasteiger partial charge in [0.15, 0.2) is 7.34 Å². The zero-order valence-corrected chi connectivity index (χ0v) is 69.1. The Labute approximate surface area is 613 Å². The second kappa shape index (κ2) is 65.2. The van der Waals surface area contributed by atoms with Crippen molar-refractivity contribution in [2.24, 2.45) is 0 Å². The summed E-state index contributed by atoms with van der Waals surface area (Å²) in [6.45, 7) is 44.6. The Morgan fingerprint density at radius 2 is 0.833 bits per heavy atom. The van der Waals surface area contributed by atoms with Crippen LogP contribution in [-0.2, 0) is 162 Å². The molecular formula is C52H100O16S12V4-4. The molecule has 0 aromatic carbocycles.